The minimum absolute atomic E-state index is 0.635. The number of nitrogens with zero attached hydrogens (tertiary/aromatic N) is 3. The molecular weight excluding hydrogens is 228 g/mol. The Balaban J connectivity index is 1.92. The van der Waals surface area contributed by atoms with Crippen LogP contribution in [0.3, 0.4) is 0 Å². The molecule has 0 unspecified atom stereocenters. The third-order valence-electron chi connectivity index (χ3n) is 2.67. The van der Waals surface area contributed by atoms with Crippen molar-refractivity contribution in [1.29, 1.82) is 0 Å². The number of rotatable bonds is 3. The van der Waals surface area contributed by atoms with Gasteiger partial charge in [-0.1, -0.05) is 0 Å². The fourth-order valence-corrected chi connectivity index (χ4v) is 1.78. The maximum Gasteiger partial charge on any atom is 0.137 e. The number of fused-ring (bicyclic) bond motifs is 1. The van der Waals surface area contributed by atoms with E-state index in [9.17, 15) is 0 Å². The van der Waals surface area contributed by atoms with Crippen molar-refractivity contribution >= 4 is 22.4 Å². The van der Waals surface area contributed by atoms with Crippen LogP contribution in [-0.4, -0.2) is 20.2 Å². The standard InChI is InChI=1S/C12H12N6/c13-8-1-2-10-11(5-8)15-7-16-12(10)14-6-9-3-4-17-18-9/h1-5,7H,6,13H2,(H,17,18)(H,14,15,16). The van der Waals surface area contributed by atoms with E-state index in [0.717, 1.165) is 22.4 Å². The van der Waals surface area contributed by atoms with Crippen LogP contribution in [0.25, 0.3) is 10.9 Å². The van der Waals surface area contributed by atoms with Crippen molar-refractivity contribution in [3.63, 3.8) is 0 Å². The lowest BCUT2D eigenvalue weighted by atomic mass is 10.2. The van der Waals surface area contributed by atoms with Gasteiger partial charge in [-0.15, -0.1) is 0 Å². The fraction of sp³-hybridized carbons (Fsp3) is 0.0833. The van der Waals surface area contributed by atoms with Crippen LogP contribution < -0.4 is 11.1 Å². The Kier molecular flexibility index (Phi) is 2.53. The zero-order valence-corrected chi connectivity index (χ0v) is 9.59. The number of nitrogens with one attached hydrogen (secondary N) is 2. The molecule has 0 amide bonds. The van der Waals surface area contributed by atoms with Crippen LogP contribution in [0.2, 0.25) is 0 Å². The molecule has 18 heavy (non-hydrogen) atoms. The van der Waals surface area contributed by atoms with Crippen molar-refractivity contribution in [2.24, 2.45) is 0 Å². The molecule has 0 aliphatic rings. The van der Waals surface area contributed by atoms with Gasteiger partial charge in [0.05, 0.1) is 17.8 Å². The molecule has 3 rings (SSSR count). The molecule has 0 fully saturated rings. The fourth-order valence-electron chi connectivity index (χ4n) is 1.78. The second kappa shape index (κ2) is 4.33. The molecule has 0 bridgehead atoms. The summed E-state index contributed by atoms with van der Waals surface area (Å²) in [7, 11) is 0. The predicted octanol–water partition coefficient (Wildman–Crippen LogP) is 1.55. The normalized spacial score (nSPS) is 10.7. The molecule has 3 aromatic rings. The van der Waals surface area contributed by atoms with Crippen LogP contribution in [0.5, 0.6) is 0 Å². The number of aromatic nitrogens is 4. The molecule has 90 valence electrons. The Labute approximate surface area is 103 Å². The van der Waals surface area contributed by atoms with Gasteiger partial charge in [0.25, 0.3) is 0 Å². The molecule has 0 saturated heterocycles. The lowest BCUT2D eigenvalue weighted by Crippen LogP contribution is -2.03. The first-order valence-corrected chi connectivity index (χ1v) is 5.55. The van der Waals surface area contributed by atoms with Gasteiger partial charge in [0.15, 0.2) is 0 Å². The molecule has 0 spiro atoms. The van der Waals surface area contributed by atoms with Crippen LogP contribution in [0.15, 0.2) is 36.8 Å². The van der Waals surface area contributed by atoms with Gasteiger partial charge in [-0.2, -0.15) is 5.10 Å². The lowest BCUT2D eigenvalue weighted by molar-refractivity contribution is 0.975. The third kappa shape index (κ3) is 1.95. The monoisotopic (exact) mass is 240 g/mol. The molecule has 6 nitrogen and oxygen atoms in total. The van der Waals surface area contributed by atoms with Gasteiger partial charge in [-0.3, -0.25) is 5.10 Å². The van der Waals surface area contributed by atoms with Crippen LogP contribution in [0, 0.1) is 0 Å². The number of nitrogens with two attached hydrogens (primary N) is 1. The molecule has 0 saturated carbocycles. The summed E-state index contributed by atoms with van der Waals surface area (Å²) in [6.45, 7) is 0.635. The maximum atomic E-state index is 5.73. The highest BCUT2D eigenvalue weighted by Crippen LogP contribution is 2.21. The molecule has 2 aromatic heterocycles. The first-order chi connectivity index (χ1) is 8.83. The molecule has 0 atom stereocenters. The molecule has 1 aromatic carbocycles. The second-order valence-corrected chi connectivity index (χ2v) is 3.93. The number of anilines is 2. The highest BCUT2D eigenvalue weighted by molar-refractivity contribution is 5.90. The van der Waals surface area contributed by atoms with Crippen molar-refractivity contribution in [2.45, 2.75) is 6.54 Å². The summed E-state index contributed by atoms with van der Waals surface area (Å²) < 4.78 is 0. The zero-order chi connectivity index (χ0) is 12.4. The molecule has 6 heteroatoms. The highest BCUT2D eigenvalue weighted by Gasteiger charge is 2.03. The summed E-state index contributed by atoms with van der Waals surface area (Å²) in [5.41, 5.74) is 8.25. The van der Waals surface area contributed by atoms with E-state index in [1.54, 1.807) is 6.20 Å². The van der Waals surface area contributed by atoms with E-state index < -0.39 is 0 Å². The van der Waals surface area contributed by atoms with E-state index in [2.05, 4.69) is 25.5 Å². The SMILES string of the molecule is Nc1ccc2c(NCc3ccn[nH]3)ncnc2c1. The largest absolute Gasteiger partial charge is 0.399 e. The average molecular weight is 240 g/mol. The van der Waals surface area contributed by atoms with Gasteiger partial charge in [-0.25, -0.2) is 9.97 Å². The Bertz CT molecular complexity index is 661. The second-order valence-electron chi connectivity index (χ2n) is 3.93. The van der Waals surface area contributed by atoms with E-state index in [1.807, 2.05) is 24.3 Å². The van der Waals surface area contributed by atoms with Gasteiger partial charge >= 0.3 is 0 Å². The van der Waals surface area contributed by atoms with Crippen LogP contribution in [0.4, 0.5) is 11.5 Å². The Morgan fingerprint density at radius 1 is 1.22 bits per heavy atom. The van der Waals surface area contributed by atoms with E-state index >= 15 is 0 Å². The maximum absolute atomic E-state index is 5.73. The van der Waals surface area contributed by atoms with Gasteiger partial charge in [0.1, 0.15) is 12.1 Å². The van der Waals surface area contributed by atoms with Crippen molar-refractivity contribution in [3.05, 3.63) is 42.5 Å². The van der Waals surface area contributed by atoms with Crippen LogP contribution >= 0.6 is 0 Å². The number of benzene rings is 1. The zero-order valence-electron chi connectivity index (χ0n) is 9.59. The summed E-state index contributed by atoms with van der Waals surface area (Å²) in [6.07, 6.45) is 3.24. The highest BCUT2D eigenvalue weighted by atomic mass is 15.1. The summed E-state index contributed by atoms with van der Waals surface area (Å²) in [5, 5.41) is 11.0. The molecule has 0 radical (unpaired) electrons. The smallest absolute Gasteiger partial charge is 0.137 e. The summed E-state index contributed by atoms with van der Waals surface area (Å²) in [4.78, 5) is 8.44. The van der Waals surface area contributed by atoms with Gasteiger partial charge in [-0.05, 0) is 24.3 Å². The van der Waals surface area contributed by atoms with Crippen molar-refractivity contribution in [3.8, 4) is 0 Å². The number of H-pyrrole nitrogens is 1. The van der Waals surface area contributed by atoms with Crippen LogP contribution in [0.1, 0.15) is 5.69 Å². The third-order valence-corrected chi connectivity index (χ3v) is 2.67. The predicted molar refractivity (Wildman–Crippen MR) is 69.9 cm³/mol. The quantitative estimate of drug-likeness (QED) is 0.604. The number of hydrogen-bond donors (Lipinski definition) is 3. The average Bonchev–Trinajstić information content (AvgIpc) is 2.89. The summed E-state index contributed by atoms with van der Waals surface area (Å²) >= 11 is 0. The molecular formula is C12H12N6. The van der Waals surface area contributed by atoms with Gasteiger partial charge in [0.2, 0.25) is 0 Å². The first-order valence-electron chi connectivity index (χ1n) is 5.55. The first kappa shape index (κ1) is 10.5. The topological polar surface area (TPSA) is 92.5 Å². The van der Waals surface area contributed by atoms with E-state index in [0.29, 0.717) is 12.2 Å². The van der Waals surface area contributed by atoms with E-state index in [-0.39, 0.29) is 0 Å². The Morgan fingerprint density at radius 3 is 3.00 bits per heavy atom. The summed E-state index contributed by atoms with van der Waals surface area (Å²) in [6, 6.07) is 7.50. The van der Waals surface area contributed by atoms with Crippen molar-refractivity contribution in [1.82, 2.24) is 20.2 Å². The Hall–Kier alpha value is -2.63. The Morgan fingerprint density at radius 2 is 2.17 bits per heavy atom. The number of nitrogen functional groups attached to an aromatic ring is 1. The summed E-state index contributed by atoms with van der Waals surface area (Å²) in [5.74, 6) is 0.787. The minimum Gasteiger partial charge on any atom is -0.399 e. The van der Waals surface area contributed by atoms with E-state index in [4.69, 9.17) is 5.73 Å². The number of aromatic amines is 1. The van der Waals surface area contributed by atoms with E-state index in [1.165, 1.54) is 6.33 Å². The minimum atomic E-state index is 0.635. The van der Waals surface area contributed by atoms with Gasteiger partial charge < -0.3 is 11.1 Å². The molecule has 2 heterocycles. The van der Waals surface area contributed by atoms with Crippen LogP contribution in [-0.2, 0) is 6.54 Å². The van der Waals surface area contributed by atoms with Crippen molar-refractivity contribution < 1.29 is 0 Å². The molecule has 0 aliphatic heterocycles. The lowest BCUT2D eigenvalue weighted by Gasteiger charge is -2.07. The van der Waals surface area contributed by atoms with Crippen molar-refractivity contribution in [2.75, 3.05) is 11.1 Å². The number of hydrogen-bond acceptors (Lipinski definition) is 5. The van der Waals surface area contributed by atoms with Gasteiger partial charge in [0, 0.05) is 17.3 Å². The molecule has 4 N–H and O–H groups in total. The molecule has 0 aliphatic carbocycles.